The molecule has 1 aliphatic rings. The van der Waals surface area contributed by atoms with E-state index in [0.29, 0.717) is 35.0 Å². The van der Waals surface area contributed by atoms with Crippen molar-refractivity contribution in [2.45, 2.75) is 13.0 Å². The van der Waals surface area contributed by atoms with Gasteiger partial charge in [0.15, 0.2) is 0 Å². The number of nitrogens with zero attached hydrogens (tertiary/aromatic N) is 1. The summed E-state index contributed by atoms with van der Waals surface area (Å²) in [5.41, 5.74) is 3.18. The second-order valence-corrected chi connectivity index (χ2v) is 6.56. The molecule has 1 aliphatic heterocycles. The highest BCUT2D eigenvalue weighted by Crippen LogP contribution is 2.29. The molecule has 0 atom stereocenters. The summed E-state index contributed by atoms with van der Waals surface area (Å²) in [5, 5.41) is 9.29. The normalized spacial score (nSPS) is 13.6. The van der Waals surface area contributed by atoms with Crippen molar-refractivity contribution in [2.24, 2.45) is 0 Å². The third-order valence-electron chi connectivity index (χ3n) is 3.57. The molecule has 5 nitrogen and oxygen atoms in total. The summed E-state index contributed by atoms with van der Waals surface area (Å²) >= 11 is 7.19. The lowest BCUT2D eigenvalue weighted by Crippen LogP contribution is -2.35. The Bertz CT molecular complexity index is 727. The molecule has 2 heterocycles. The Balaban J connectivity index is 1.79. The maximum absolute atomic E-state index is 12.5. The average Bonchev–Trinajstić information content (AvgIpc) is 2.97. The van der Waals surface area contributed by atoms with Crippen molar-refractivity contribution in [2.75, 3.05) is 6.54 Å². The lowest BCUT2D eigenvalue weighted by atomic mass is 10.1. The fraction of sp³-hybridized carbons (Fsp3) is 0.200. The maximum atomic E-state index is 12.5. The lowest BCUT2D eigenvalue weighted by molar-refractivity contribution is 0.0710. The first-order valence-electron chi connectivity index (χ1n) is 6.69. The number of amides is 2. The highest BCUT2D eigenvalue weighted by atomic mass is 35.5. The molecule has 0 bridgehead atoms. The number of halogens is 1. The zero-order valence-corrected chi connectivity index (χ0v) is 13.1. The number of nitrogens with one attached hydrogen (secondary N) is 1. The predicted octanol–water partition coefficient (Wildman–Crippen LogP) is 2.72. The minimum absolute atomic E-state index is 0.0540. The molecule has 3 rings (SSSR count). The number of hydrogen-bond donors (Lipinski definition) is 2. The molecule has 0 radical (unpaired) electrons. The summed E-state index contributed by atoms with van der Waals surface area (Å²) in [6.45, 7) is 1.07. The zero-order valence-electron chi connectivity index (χ0n) is 11.5. The van der Waals surface area contributed by atoms with Crippen molar-refractivity contribution in [3.63, 3.8) is 0 Å². The Hall–Kier alpha value is -1.89. The van der Waals surface area contributed by atoms with Gasteiger partial charge in [-0.1, -0.05) is 11.6 Å². The van der Waals surface area contributed by atoms with Crippen molar-refractivity contribution < 1.29 is 14.8 Å². The molecule has 0 fully saturated rings. The van der Waals surface area contributed by atoms with Crippen LogP contribution >= 0.6 is 22.9 Å². The highest BCUT2D eigenvalue weighted by Gasteiger charge is 2.25. The summed E-state index contributed by atoms with van der Waals surface area (Å²) in [6, 6.07) is 8.53. The van der Waals surface area contributed by atoms with Crippen LogP contribution in [0.1, 0.15) is 30.5 Å². The Labute approximate surface area is 136 Å². The van der Waals surface area contributed by atoms with Gasteiger partial charge in [0, 0.05) is 28.6 Å². The number of carbonyl (C=O) groups excluding carboxylic acids is 2. The van der Waals surface area contributed by atoms with Crippen LogP contribution in [0.5, 0.6) is 0 Å². The molecule has 0 unspecified atom stereocenters. The summed E-state index contributed by atoms with van der Waals surface area (Å²) in [4.78, 5) is 27.2. The molecular formula is C15H13ClN2O3S. The largest absolute Gasteiger partial charge is 0.334 e. The number of hydrogen-bond acceptors (Lipinski definition) is 4. The van der Waals surface area contributed by atoms with Crippen molar-refractivity contribution >= 4 is 34.8 Å². The van der Waals surface area contributed by atoms with E-state index < -0.39 is 5.91 Å². The van der Waals surface area contributed by atoms with Crippen molar-refractivity contribution in [1.29, 1.82) is 0 Å². The monoisotopic (exact) mass is 336 g/mol. The molecule has 114 valence electrons. The quantitative estimate of drug-likeness (QED) is 0.654. The Morgan fingerprint density at radius 2 is 2.00 bits per heavy atom. The predicted molar refractivity (Wildman–Crippen MR) is 83.5 cm³/mol. The fourth-order valence-electron chi connectivity index (χ4n) is 2.45. The molecule has 1 aromatic carbocycles. The summed E-state index contributed by atoms with van der Waals surface area (Å²) < 4.78 is 0. The van der Waals surface area contributed by atoms with E-state index in [4.69, 9.17) is 16.8 Å². The van der Waals surface area contributed by atoms with Crippen LogP contribution < -0.4 is 5.48 Å². The number of hydroxylamine groups is 1. The van der Waals surface area contributed by atoms with Gasteiger partial charge in [-0.05, 0) is 42.3 Å². The second-order valence-electron chi connectivity index (χ2n) is 4.98. The molecule has 0 spiro atoms. The number of rotatable bonds is 2. The van der Waals surface area contributed by atoms with Gasteiger partial charge in [-0.2, -0.15) is 0 Å². The van der Waals surface area contributed by atoms with Crippen LogP contribution in [-0.4, -0.2) is 28.5 Å². The summed E-state index contributed by atoms with van der Waals surface area (Å²) in [6.07, 6.45) is 0.706. The lowest BCUT2D eigenvalue weighted by Gasteiger charge is -2.27. The minimum Gasteiger partial charge on any atom is -0.334 e. The molecule has 0 aliphatic carbocycles. The first-order chi connectivity index (χ1) is 10.6. The minimum atomic E-state index is -0.519. The number of fused-ring (bicyclic) bond motifs is 1. The van der Waals surface area contributed by atoms with Crippen LogP contribution in [0.4, 0.5) is 0 Å². The van der Waals surface area contributed by atoms with Gasteiger partial charge in [0.05, 0.1) is 4.88 Å². The van der Waals surface area contributed by atoms with E-state index in [2.05, 4.69) is 0 Å². The molecule has 1 aromatic heterocycles. The standard InChI is InChI=1S/C15H13ClN2O3S/c16-11-3-1-9(2-4-11)15(20)18-6-5-12-10(8-18)7-13(22-12)14(19)17-21/h1-4,7,21H,5-6,8H2,(H,17,19). The fourth-order valence-corrected chi connectivity index (χ4v) is 3.63. The molecule has 2 amide bonds. The molecule has 0 saturated carbocycles. The van der Waals surface area contributed by atoms with Crippen molar-refractivity contribution in [3.8, 4) is 0 Å². The van der Waals surface area contributed by atoms with Gasteiger partial charge in [-0.15, -0.1) is 11.3 Å². The van der Waals surface area contributed by atoms with Gasteiger partial charge in [0.2, 0.25) is 0 Å². The van der Waals surface area contributed by atoms with Gasteiger partial charge in [-0.25, -0.2) is 5.48 Å². The topological polar surface area (TPSA) is 69.6 Å². The summed E-state index contributed by atoms with van der Waals surface area (Å²) in [7, 11) is 0. The average molecular weight is 337 g/mol. The van der Waals surface area contributed by atoms with Gasteiger partial charge in [0.25, 0.3) is 11.8 Å². The van der Waals surface area contributed by atoms with Crippen LogP contribution in [0.3, 0.4) is 0 Å². The zero-order chi connectivity index (χ0) is 15.7. The number of carbonyl (C=O) groups is 2. The van der Waals surface area contributed by atoms with Gasteiger partial charge in [0.1, 0.15) is 0 Å². The number of thiophene rings is 1. The highest BCUT2D eigenvalue weighted by molar-refractivity contribution is 7.14. The molecule has 2 aromatic rings. The van der Waals surface area contributed by atoms with E-state index in [1.807, 2.05) is 0 Å². The van der Waals surface area contributed by atoms with Crippen LogP contribution in [0.2, 0.25) is 5.02 Å². The van der Waals surface area contributed by atoms with Crippen LogP contribution in [0.25, 0.3) is 0 Å². The first kappa shape index (κ1) is 15.0. The maximum Gasteiger partial charge on any atom is 0.284 e. The van der Waals surface area contributed by atoms with E-state index in [9.17, 15) is 9.59 Å². The Morgan fingerprint density at radius 1 is 1.27 bits per heavy atom. The summed E-state index contributed by atoms with van der Waals surface area (Å²) in [5.74, 6) is -0.573. The first-order valence-corrected chi connectivity index (χ1v) is 7.89. The molecule has 2 N–H and O–H groups in total. The molecular weight excluding hydrogens is 324 g/mol. The Morgan fingerprint density at radius 3 is 2.68 bits per heavy atom. The van der Waals surface area contributed by atoms with Crippen molar-refractivity contribution in [1.82, 2.24) is 10.4 Å². The van der Waals surface area contributed by atoms with Crippen LogP contribution in [0.15, 0.2) is 30.3 Å². The molecule has 0 saturated heterocycles. The van der Waals surface area contributed by atoms with E-state index in [0.717, 1.165) is 10.4 Å². The van der Waals surface area contributed by atoms with Crippen LogP contribution in [-0.2, 0) is 13.0 Å². The number of benzene rings is 1. The van der Waals surface area contributed by atoms with E-state index in [-0.39, 0.29) is 5.91 Å². The SMILES string of the molecule is O=C(NO)c1cc2c(s1)CCN(C(=O)c1ccc(Cl)cc1)C2. The molecule has 7 heteroatoms. The third-order valence-corrected chi connectivity index (χ3v) is 5.06. The van der Waals surface area contributed by atoms with Crippen molar-refractivity contribution in [3.05, 3.63) is 56.2 Å². The van der Waals surface area contributed by atoms with Gasteiger partial charge < -0.3 is 4.90 Å². The van der Waals surface area contributed by atoms with Gasteiger partial charge in [-0.3, -0.25) is 14.8 Å². The second kappa shape index (κ2) is 6.08. The third kappa shape index (κ3) is 2.85. The van der Waals surface area contributed by atoms with E-state index >= 15 is 0 Å². The Kier molecular flexibility index (Phi) is 4.15. The van der Waals surface area contributed by atoms with Gasteiger partial charge >= 0.3 is 0 Å². The smallest absolute Gasteiger partial charge is 0.284 e. The van der Waals surface area contributed by atoms with E-state index in [1.165, 1.54) is 11.3 Å². The van der Waals surface area contributed by atoms with E-state index in [1.54, 1.807) is 40.7 Å². The molecule has 22 heavy (non-hydrogen) atoms. The van der Waals surface area contributed by atoms with Crippen LogP contribution in [0, 0.1) is 0 Å².